The lowest BCUT2D eigenvalue weighted by molar-refractivity contribution is 0.412. The first kappa shape index (κ1) is 12.3. The second-order valence-electron chi connectivity index (χ2n) is 3.14. The monoisotopic (exact) mass is 237 g/mol. The summed E-state index contributed by atoms with van der Waals surface area (Å²) in [5, 5.41) is 8.96. The summed E-state index contributed by atoms with van der Waals surface area (Å²) in [6.07, 6.45) is 0. The van der Waals surface area contributed by atoms with Crippen LogP contribution in [0.25, 0.3) is 0 Å². The molecule has 4 nitrogen and oxygen atoms in total. The number of aliphatic imine (C=N–C) groups is 1. The molecule has 0 amide bonds. The summed E-state index contributed by atoms with van der Waals surface area (Å²) in [5.74, 6) is 1.07. The molecule has 0 spiro atoms. The number of amidine groups is 1. The molecule has 0 unspecified atom stereocenters. The van der Waals surface area contributed by atoms with Crippen molar-refractivity contribution < 1.29 is 4.74 Å². The maximum absolute atomic E-state index is 8.96. The number of nitrogens with zero attached hydrogens (tertiary/aromatic N) is 2. The summed E-state index contributed by atoms with van der Waals surface area (Å²) in [6, 6.07) is 5.43. The smallest absolute Gasteiger partial charge is 0.124 e. The fourth-order valence-corrected chi connectivity index (χ4v) is 1.37. The zero-order valence-corrected chi connectivity index (χ0v) is 9.88. The topological polar surface area (TPSA) is 71.4 Å². The molecule has 0 saturated carbocycles. The van der Waals surface area contributed by atoms with E-state index in [9.17, 15) is 0 Å². The summed E-state index contributed by atoms with van der Waals surface area (Å²) in [6.45, 7) is 1.82. The average molecular weight is 238 g/mol. The van der Waals surface area contributed by atoms with E-state index < -0.39 is 0 Å². The summed E-state index contributed by atoms with van der Waals surface area (Å²) in [4.78, 5) is 4.12. The van der Waals surface area contributed by atoms with Gasteiger partial charge in [0.25, 0.3) is 0 Å². The number of nitriles is 1. The Balaban J connectivity index is 3.39. The van der Waals surface area contributed by atoms with Gasteiger partial charge in [0.2, 0.25) is 0 Å². The third kappa shape index (κ3) is 2.44. The minimum atomic E-state index is 0.127. The first-order valence-electron chi connectivity index (χ1n) is 4.60. The van der Waals surface area contributed by atoms with Crippen LogP contribution in [-0.4, -0.2) is 18.8 Å². The first-order valence-corrected chi connectivity index (χ1v) is 5.14. The van der Waals surface area contributed by atoms with Gasteiger partial charge in [-0.15, -0.1) is 11.6 Å². The fourth-order valence-electron chi connectivity index (χ4n) is 1.31. The van der Waals surface area contributed by atoms with Crippen LogP contribution in [0.15, 0.2) is 17.1 Å². The number of hydrogen-bond acceptors (Lipinski definition) is 3. The molecule has 16 heavy (non-hydrogen) atoms. The van der Waals surface area contributed by atoms with E-state index in [1.807, 2.05) is 6.92 Å². The number of benzene rings is 1. The normalized spacial score (nSPS) is 11.0. The first-order chi connectivity index (χ1) is 7.63. The highest BCUT2D eigenvalue weighted by atomic mass is 35.5. The Morgan fingerprint density at radius 3 is 2.81 bits per heavy atom. The molecule has 0 aliphatic rings. The molecular weight excluding hydrogens is 226 g/mol. The van der Waals surface area contributed by atoms with Crippen LogP contribution in [0.3, 0.4) is 0 Å². The maximum atomic E-state index is 8.96. The van der Waals surface area contributed by atoms with Crippen LogP contribution in [-0.2, 0) is 0 Å². The van der Waals surface area contributed by atoms with Crippen molar-refractivity contribution in [3.05, 3.63) is 23.3 Å². The Hall–Kier alpha value is -1.73. The van der Waals surface area contributed by atoms with Crippen molar-refractivity contribution in [2.24, 2.45) is 10.7 Å². The molecule has 1 aromatic carbocycles. The molecule has 1 aromatic rings. The van der Waals surface area contributed by atoms with E-state index in [1.54, 1.807) is 19.2 Å². The number of hydrogen-bond donors (Lipinski definition) is 1. The summed E-state index contributed by atoms with van der Waals surface area (Å²) < 4.78 is 5.15. The molecule has 0 fully saturated rings. The van der Waals surface area contributed by atoms with Gasteiger partial charge in [-0.05, 0) is 19.1 Å². The predicted octanol–water partition coefficient (Wildman–Crippen LogP) is 2.10. The van der Waals surface area contributed by atoms with Gasteiger partial charge in [0.15, 0.2) is 0 Å². The van der Waals surface area contributed by atoms with Crippen molar-refractivity contribution in [1.82, 2.24) is 0 Å². The summed E-state index contributed by atoms with van der Waals surface area (Å²) in [7, 11) is 1.56. The van der Waals surface area contributed by atoms with E-state index >= 15 is 0 Å². The van der Waals surface area contributed by atoms with Crippen LogP contribution in [0, 0.1) is 18.3 Å². The lowest BCUT2D eigenvalue weighted by Crippen LogP contribution is -2.12. The van der Waals surface area contributed by atoms with Crippen LogP contribution in [0.1, 0.15) is 11.1 Å². The minimum Gasteiger partial charge on any atom is -0.496 e. The van der Waals surface area contributed by atoms with Crippen LogP contribution < -0.4 is 10.5 Å². The Morgan fingerprint density at radius 1 is 1.62 bits per heavy atom. The third-order valence-corrected chi connectivity index (χ3v) is 2.39. The standard InChI is InChI=1S/C11H12ClN3O/c1-7-9(16-2)4-3-8(6-13)11(7)15-10(14)5-12/h3-4H,5H2,1-2H3,(H2,14,15). The van der Waals surface area contributed by atoms with Crippen molar-refractivity contribution in [1.29, 1.82) is 5.26 Å². The highest BCUT2D eigenvalue weighted by Gasteiger charge is 2.09. The van der Waals surface area contributed by atoms with Gasteiger partial charge in [-0.25, -0.2) is 4.99 Å². The molecular formula is C11H12ClN3O. The van der Waals surface area contributed by atoms with E-state index in [0.717, 1.165) is 5.56 Å². The van der Waals surface area contributed by atoms with Gasteiger partial charge in [-0.2, -0.15) is 5.26 Å². The summed E-state index contributed by atoms with van der Waals surface area (Å²) >= 11 is 5.55. The molecule has 0 radical (unpaired) electrons. The van der Waals surface area contributed by atoms with Crippen molar-refractivity contribution in [2.45, 2.75) is 6.92 Å². The number of ether oxygens (including phenoxy) is 1. The van der Waals surface area contributed by atoms with Gasteiger partial charge in [0.1, 0.15) is 17.7 Å². The van der Waals surface area contributed by atoms with Gasteiger partial charge < -0.3 is 10.5 Å². The van der Waals surface area contributed by atoms with E-state index in [0.29, 0.717) is 17.0 Å². The Bertz CT molecular complexity index is 463. The van der Waals surface area contributed by atoms with Crippen molar-refractivity contribution in [3.63, 3.8) is 0 Å². The lowest BCUT2D eigenvalue weighted by Gasteiger charge is -2.09. The SMILES string of the molecule is COc1ccc(C#N)c(N=C(N)CCl)c1C. The molecule has 0 aliphatic heterocycles. The van der Waals surface area contributed by atoms with E-state index in [-0.39, 0.29) is 11.7 Å². The number of nitrogens with two attached hydrogens (primary N) is 1. The molecule has 2 N–H and O–H groups in total. The third-order valence-electron chi connectivity index (χ3n) is 2.11. The number of methoxy groups -OCH3 is 1. The molecule has 1 rings (SSSR count). The molecule has 0 bridgehead atoms. The molecule has 0 aliphatic carbocycles. The van der Waals surface area contributed by atoms with Crippen LogP contribution in [0.2, 0.25) is 0 Å². The lowest BCUT2D eigenvalue weighted by atomic mass is 10.1. The summed E-state index contributed by atoms with van der Waals surface area (Å²) in [5.41, 5.74) is 7.29. The second-order valence-corrected chi connectivity index (χ2v) is 3.40. The largest absolute Gasteiger partial charge is 0.496 e. The number of alkyl halides is 1. The molecule has 0 saturated heterocycles. The predicted molar refractivity (Wildman–Crippen MR) is 64.4 cm³/mol. The quantitative estimate of drug-likeness (QED) is 0.497. The highest BCUT2D eigenvalue weighted by molar-refractivity contribution is 6.28. The average Bonchev–Trinajstić information content (AvgIpc) is 2.31. The van der Waals surface area contributed by atoms with Crippen molar-refractivity contribution in [2.75, 3.05) is 13.0 Å². The van der Waals surface area contributed by atoms with Gasteiger partial charge in [-0.1, -0.05) is 0 Å². The van der Waals surface area contributed by atoms with Crippen molar-refractivity contribution >= 4 is 23.1 Å². The van der Waals surface area contributed by atoms with Crippen LogP contribution in [0.4, 0.5) is 5.69 Å². The molecule has 5 heteroatoms. The Kier molecular flexibility index (Phi) is 4.15. The molecule has 0 atom stereocenters. The van der Waals surface area contributed by atoms with Gasteiger partial charge in [0.05, 0.1) is 24.2 Å². The Labute approximate surface area is 99.3 Å². The molecule has 0 heterocycles. The van der Waals surface area contributed by atoms with Gasteiger partial charge in [0, 0.05) is 5.56 Å². The van der Waals surface area contributed by atoms with E-state index in [4.69, 9.17) is 27.3 Å². The maximum Gasteiger partial charge on any atom is 0.124 e. The van der Waals surface area contributed by atoms with E-state index in [2.05, 4.69) is 11.1 Å². The van der Waals surface area contributed by atoms with Crippen LogP contribution >= 0.6 is 11.6 Å². The zero-order valence-electron chi connectivity index (χ0n) is 9.12. The second kappa shape index (κ2) is 5.38. The van der Waals surface area contributed by atoms with E-state index in [1.165, 1.54) is 0 Å². The van der Waals surface area contributed by atoms with Gasteiger partial charge >= 0.3 is 0 Å². The minimum absolute atomic E-state index is 0.127. The molecule has 0 aromatic heterocycles. The zero-order chi connectivity index (χ0) is 12.1. The number of rotatable bonds is 3. The molecule has 84 valence electrons. The Morgan fingerprint density at radius 2 is 2.31 bits per heavy atom. The van der Waals surface area contributed by atoms with Crippen LogP contribution in [0.5, 0.6) is 5.75 Å². The highest BCUT2D eigenvalue weighted by Crippen LogP contribution is 2.31. The van der Waals surface area contributed by atoms with Crippen molar-refractivity contribution in [3.8, 4) is 11.8 Å². The fraction of sp³-hybridized carbons (Fsp3) is 0.273. The van der Waals surface area contributed by atoms with Gasteiger partial charge in [-0.3, -0.25) is 0 Å². The number of halogens is 1.